The Hall–Kier alpha value is -2.94. The van der Waals surface area contributed by atoms with E-state index in [9.17, 15) is 19.2 Å². The van der Waals surface area contributed by atoms with Crippen molar-refractivity contribution in [3.8, 4) is 0 Å². The highest BCUT2D eigenvalue weighted by molar-refractivity contribution is 6.29. The first-order valence-electron chi connectivity index (χ1n) is 6.65. The molecule has 0 spiro atoms. The average Bonchev–Trinajstić information content (AvgIpc) is 2.56. The summed E-state index contributed by atoms with van der Waals surface area (Å²) in [7, 11) is 2.71. The number of rotatable bonds is 4. The van der Waals surface area contributed by atoms with E-state index >= 15 is 0 Å². The van der Waals surface area contributed by atoms with Crippen LogP contribution in [0.1, 0.15) is 10.4 Å². The summed E-state index contributed by atoms with van der Waals surface area (Å²) in [5.41, 5.74) is -1.03. The van der Waals surface area contributed by atoms with E-state index in [1.54, 1.807) is 0 Å². The van der Waals surface area contributed by atoms with Gasteiger partial charge >= 0.3 is 11.7 Å². The first-order valence-corrected chi connectivity index (χ1v) is 7.03. The molecule has 10 heteroatoms. The van der Waals surface area contributed by atoms with Gasteiger partial charge in [0.05, 0.1) is 5.56 Å². The fraction of sp³-hybridized carbons (Fsp3) is 0.214. The number of nitrogens with one attached hydrogen (secondary N) is 1. The fourth-order valence-corrected chi connectivity index (χ4v) is 1.85. The molecule has 0 aliphatic carbocycles. The van der Waals surface area contributed by atoms with Crippen LogP contribution in [-0.4, -0.2) is 32.6 Å². The van der Waals surface area contributed by atoms with Crippen molar-refractivity contribution >= 4 is 29.3 Å². The molecule has 24 heavy (non-hydrogen) atoms. The molecule has 0 aliphatic rings. The van der Waals surface area contributed by atoms with Gasteiger partial charge < -0.3 is 10.1 Å². The van der Waals surface area contributed by atoms with Gasteiger partial charge in [0.2, 0.25) is 0 Å². The zero-order valence-corrected chi connectivity index (χ0v) is 13.5. The van der Waals surface area contributed by atoms with Crippen LogP contribution >= 0.6 is 11.6 Å². The van der Waals surface area contributed by atoms with Crippen molar-refractivity contribution in [2.24, 2.45) is 14.1 Å². The quantitative estimate of drug-likeness (QED) is 0.608. The largest absolute Gasteiger partial charge is 0.452 e. The van der Waals surface area contributed by atoms with Crippen LogP contribution in [-0.2, 0) is 23.6 Å². The molecule has 1 N–H and O–H groups in total. The van der Waals surface area contributed by atoms with Gasteiger partial charge in [0, 0.05) is 26.4 Å². The number of carbonyl (C=O) groups is 2. The number of aromatic nitrogens is 3. The molecule has 0 bridgehead atoms. The highest BCUT2D eigenvalue weighted by Gasteiger charge is 2.13. The Balaban J connectivity index is 2.02. The highest BCUT2D eigenvalue weighted by Crippen LogP contribution is 2.06. The van der Waals surface area contributed by atoms with Crippen LogP contribution in [0.15, 0.2) is 34.0 Å². The molecule has 2 aromatic rings. The van der Waals surface area contributed by atoms with Crippen molar-refractivity contribution < 1.29 is 14.3 Å². The van der Waals surface area contributed by atoms with Crippen molar-refractivity contribution in [1.29, 1.82) is 0 Å². The van der Waals surface area contributed by atoms with E-state index in [0.717, 1.165) is 15.2 Å². The Morgan fingerprint density at radius 3 is 2.58 bits per heavy atom. The van der Waals surface area contributed by atoms with Gasteiger partial charge in [0.15, 0.2) is 6.61 Å². The van der Waals surface area contributed by atoms with Gasteiger partial charge in [-0.25, -0.2) is 14.6 Å². The summed E-state index contributed by atoms with van der Waals surface area (Å²) in [6.45, 7) is -0.592. The third kappa shape index (κ3) is 3.87. The normalized spacial score (nSPS) is 10.3. The zero-order chi connectivity index (χ0) is 17.9. The number of nitrogens with zero attached hydrogens (tertiary/aromatic N) is 3. The van der Waals surface area contributed by atoms with Crippen LogP contribution in [0, 0.1) is 0 Å². The van der Waals surface area contributed by atoms with Gasteiger partial charge in [-0.3, -0.25) is 18.7 Å². The molecule has 0 aromatic carbocycles. The molecule has 0 atom stereocenters. The van der Waals surface area contributed by atoms with Crippen LogP contribution in [0.5, 0.6) is 0 Å². The van der Waals surface area contributed by atoms with E-state index in [1.807, 2.05) is 0 Å². The van der Waals surface area contributed by atoms with Crippen molar-refractivity contribution in [3.63, 3.8) is 0 Å². The summed E-state index contributed by atoms with van der Waals surface area (Å²) in [5.74, 6) is -1.46. The lowest BCUT2D eigenvalue weighted by molar-refractivity contribution is -0.119. The number of hydrogen-bond donors (Lipinski definition) is 1. The number of esters is 1. The maximum absolute atomic E-state index is 11.8. The van der Waals surface area contributed by atoms with E-state index in [4.69, 9.17) is 16.3 Å². The molecule has 0 saturated heterocycles. The molecule has 1 amide bonds. The second-order valence-electron chi connectivity index (χ2n) is 4.76. The Morgan fingerprint density at radius 2 is 1.96 bits per heavy atom. The number of carbonyl (C=O) groups excluding carboxylic acids is 2. The van der Waals surface area contributed by atoms with E-state index in [2.05, 4.69) is 10.3 Å². The summed E-state index contributed by atoms with van der Waals surface area (Å²) >= 11 is 5.60. The van der Waals surface area contributed by atoms with E-state index in [1.165, 1.54) is 32.4 Å². The number of anilines is 1. The van der Waals surface area contributed by atoms with E-state index in [0.29, 0.717) is 0 Å². The fourth-order valence-electron chi connectivity index (χ4n) is 1.74. The van der Waals surface area contributed by atoms with Gasteiger partial charge in [-0.1, -0.05) is 11.6 Å². The molecule has 0 radical (unpaired) electrons. The summed E-state index contributed by atoms with van der Waals surface area (Å²) in [6.07, 6.45) is 1.22. The Kier molecular flexibility index (Phi) is 5.14. The maximum Gasteiger partial charge on any atom is 0.340 e. The first-order chi connectivity index (χ1) is 11.3. The maximum atomic E-state index is 11.8. The molecule has 0 saturated carbocycles. The minimum Gasteiger partial charge on any atom is -0.452 e. The lowest BCUT2D eigenvalue weighted by Gasteiger charge is -2.10. The molecule has 9 nitrogen and oxygen atoms in total. The molecule has 2 aromatic heterocycles. The summed E-state index contributed by atoms with van der Waals surface area (Å²) in [5, 5.41) is 2.55. The third-order valence-corrected chi connectivity index (χ3v) is 3.31. The second kappa shape index (κ2) is 7.09. The van der Waals surface area contributed by atoms with Gasteiger partial charge in [0.1, 0.15) is 11.0 Å². The Labute approximate surface area is 140 Å². The molecule has 0 aliphatic heterocycles. The Bertz CT molecular complexity index is 901. The van der Waals surface area contributed by atoms with Crippen molar-refractivity contribution in [2.45, 2.75) is 0 Å². The van der Waals surface area contributed by atoms with Gasteiger partial charge in [0.25, 0.3) is 11.5 Å². The first kappa shape index (κ1) is 17.4. The Morgan fingerprint density at radius 1 is 1.25 bits per heavy atom. The predicted molar refractivity (Wildman–Crippen MR) is 85.1 cm³/mol. The smallest absolute Gasteiger partial charge is 0.340 e. The predicted octanol–water partition coefficient (Wildman–Crippen LogP) is -0.0721. The lowest BCUT2D eigenvalue weighted by atomic mass is 10.3. The molecule has 126 valence electrons. The molecule has 2 heterocycles. The van der Waals surface area contributed by atoms with Gasteiger partial charge in [-0.05, 0) is 12.1 Å². The van der Waals surface area contributed by atoms with Crippen molar-refractivity contribution in [2.75, 3.05) is 11.9 Å². The number of halogens is 1. The molecular formula is C14H13ClN4O5. The van der Waals surface area contributed by atoms with Crippen molar-refractivity contribution in [3.05, 3.63) is 56.0 Å². The lowest BCUT2D eigenvalue weighted by Crippen LogP contribution is -2.38. The molecule has 2 rings (SSSR count). The SMILES string of the molecule is Cn1c(NC(=O)COC(=O)c2ccc(Cl)nc2)cc(=O)n(C)c1=O. The monoisotopic (exact) mass is 352 g/mol. The molecule has 0 unspecified atom stereocenters. The standard InChI is InChI=1S/C14H13ClN4O5/c1-18-10(5-12(21)19(2)14(18)23)17-11(20)7-24-13(22)8-3-4-9(15)16-6-8/h3-6H,7H2,1-2H3,(H,17,20). The number of hydrogen-bond acceptors (Lipinski definition) is 6. The van der Waals surface area contributed by atoms with Crippen LogP contribution in [0.3, 0.4) is 0 Å². The minimum absolute atomic E-state index is 0.00249. The molecular weight excluding hydrogens is 340 g/mol. The summed E-state index contributed by atoms with van der Waals surface area (Å²) in [4.78, 5) is 50.6. The number of ether oxygens (including phenoxy) is 1. The number of amides is 1. The second-order valence-corrected chi connectivity index (χ2v) is 5.15. The zero-order valence-electron chi connectivity index (χ0n) is 12.8. The minimum atomic E-state index is -0.757. The van der Waals surface area contributed by atoms with Gasteiger partial charge in [-0.15, -0.1) is 0 Å². The third-order valence-electron chi connectivity index (χ3n) is 3.09. The van der Waals surface area contributed by atoms with Gasteiger partial charge in [-0.2, -0.15) is 0 Å². The number of pyridine rings is 1. The average molecular weight is 353 g/mol. The molecule has 0 fully saturated rings. The summed E-state index contributed by atoms with van der Waals surface area (Å²) in [6, 6.07) is 3.90. The van der Waals surface area contributed by atoms with Crippen molar-refractivity contribution in [1.82, 2.24) is 14.1 Å². The van der Waals surface area contributed by atoms with E-state index in [-0.39, 0.29) is 16.5 Å². The highest BCUT2D eigenvalue weighted by atomic mass is 35.5. The topological polar surface area (TPSA) is 112 Å². The van der Waals surface area contributed by atoms with Crippen LogP contribution in [0.2, 0.25) is 5.15 Å². The van der Waals surface area contributed by atoms with Crippen LogP contribution in [0.4, 0.5) is 5.82 Å². The van der Waals surface area contributed by atoms with Crippen LogP contribution in [0.25, 0.3) is 0 Å². The van der Waals surface area contributed by atoms with E-state index < -0.39 is 29.7 Å². The summed E-state index contributed by atoms with van der Waals surface area (Å²) < 4.78 is 6.80. The van der Waals surface area contributed by atoms with Crippen LogP contribution < -0.4 is 16.6 Å².